The largest absolute Gasteiger partial charge is 0.466 e. The van der Waals surface area contributed by atoms with Crippen molar-refractivity contribution in [3.8, 4) is 0 Å². The molecule has 0 aliphatic rings. The third-order valence-corrected chi connectivity index (χ3v) is 3.35. The van der Waals surface area contributed by atoms with Gasteiger partial charge in [0.15, 0.2) is 0 Å². The molecule has 1 aromatic rings. The lowest BCUT2D eigenvalue weighted by molar-refractivity contribution is 0.384. The van der Waals surface area contributed by atoms with Crippen molar-refractivity contribution in [1.29, 1.82) is 0 Å². The van der Waals surface area contributed by atoms with Gasteiger partial charge in [-0.2, -0.15) is 0 Å². The highest BCUT2D eigenvalue weighted by molar-refractivity contribution is 9.10. The first-order valence-corrected chi connectivity index (χ1v) is 7.05. The summed E-state index contributed by atoms with van der Waals surface area (Å²) >= 11 is 3.53. The average Bonchev–Trinajstić information content (AvgIpc) is 2.70. The Bertz CT molecular complexity index is 285. The second-order valence-electron chi connectivity index (χ2n) is 4.14. The molecule has 0 aliphatic heterocycles. The molecule has 1 heterocycles. The van der Waals surface area contributed by atoms with E-state index in [2.05, 4.69) is 35.1 Å². The van der Waals surface area contributed by atoms with Gasteiger partial charge in [0, 0.05) is 0 Å². The number of unbranched alkanes of at least 4 members (excludes halogenated alkanes) is 2. The normalized spacial score (nSPS) is 12.9. The molecule has 1 unspecified atom stereocenters. The van der Waals surface area contributed by atoms with Gasteiger partial charge in [0.05, 0.1) is 16.8 Å². The van der Waals surface area contributed by atoms with Crippen LogP contribution in [0, 0.1) is 0 Å². The highest BCUT2D eigenvalue weighted by atomic mass is 79.9. The molecule has 0 spiro atoms. The smallest absolute Gasteiger partial charge is 0.134 e. The summed E-state index contributed by atoms with van der Waals surface area (Å²) in [5.74, 6) is 1.05. The quantitative estimate of drug-likeness (QED) is 0.704. The van der Waals surface area contributed by atoms with Crippen molar-refractivity contribution in [2.45, 2.75) is 52.0 Å². The van der Waals surface area contributed by atoms with Gasteiger partial charge in [-0.1, -0.05) is 33.1 Å². The monoisotopic (exact) mass is 287 g/mol. The Labute approximate surface area is 107 Å². The zero-order valence-electron chi connectivity index (χ0n) is 10.3. The van der Waals surface area contributed by atoms with E-state index in [4.69, 9.17) is 4.42 Å². The van der Waals surface area contributed by atoms with E-state index in [0.29, 0.717) is 6.04 Å². The topological polar surface area (TPSA) is 25.2 Å². The van der Waals surface area contributed by atoms with Crippen LogP contribution in [-0.4, -0.2) is 6.54 Å². The van der Waals surface area contributed by atoms with Gasteiger partial charge >= 0.3 is 0 Å². The minimum absolute atomic E-state index is 0.357. The summed E-state index contributed by atoms with van der Waals surface area (Å²) < 4.78 is 6.63. The molecule has 1 N–H and O–H groups in total. The van der Waals surface area contributed by atoms with Gasteiger partial charge < -0.3 is 9.73 Å². The molecule has 0 aliphatic carbocycles. The molecule has 0 saturated heterocycles. The second-order valence-corrected chi connectivity index (χ2v) is 4.99. The summed E-state index contributed by atoms with van der Waals surface area (Å²) in [7, 11) is 0. The first kappa shape index (κ1) is 13.8. The van der Waals surface area contributed by atoms with Crippen LogP contribution in [0.5, 0.6) is 0 Å². The van der Waals surface area contributed by atoms with Gasteiger partial charge in [0.25, 0.3) is 0 Å². The number of rotatable bonds is 8. The number of nitrogens with one attached hydrogen (secondary N) is 1. The lowest BCUT2D eigenvalue weighted by atomic mass is 10.1. The van der Waals surface area contributed by atoms with Crippen molar-refractivity contribution in [2.75, 3.05) is 6.54 Å². The summed E-state index contributed by atoms with van der Waals surface area (Å²) in [6.07, 6.45) is 7.87. The SMILES string of the molecule is CCCCCC(NCCC)c1occc1Br. The Morgan fingerprint density at radius 1 is 1.31 bits per heavy atom. The third kappa shape index (κ3) is 4.30. The van der Waals surface area contributed by atoms with E-state index in [0.717, 1.165) is 29.6 Å². The van der Waals surface area contributed by atoms with Crippen LogP contribution in [0.2, 0.25) is 0 Å². The Kier molecular flexibility index (Phi) is 6.81. The van der Waals surface area contributed by atoms with Crippen molar-refractivity contribution < 1.29 is 4.42 Å². The number of furan rings is 1. The average molecular weight is 288 g/mol. The fraction of sp³-hybridized carbons (Fsp3) is 0.692. The van der Waals surface area contributed by atoms with Gasteiger partial charge in [-0.25, -0.2) is 0 Å². The van der Waals surface area contributed by atoms with E-state index in [9.17, 15) is 0 Å². The molecule has 0 saturated carbocycles. The molecular weight excluding hydrogens is 266 g/mol. The minimum Gasteiger partial charge on any atom is -0.466 e. The molecule has 3 heteroatoms. The van der Waals surface area contributed by atoms with E-state index in [1.165, 1.54) is 19.3 Å². The molecule has 0 radical (unpaired) electrons. The van der Waals surface area contributed by atoms with Crippen molar-refractivity contribution in [2.24, 2.45) is 0 Å². The van der Waals surface area contributed by atoms with Crippen LogP contribution >= 0.6 is 15.9 Å². The number of hydrogen-bond donors (Lipinski definition) is 1. The standard InChI is InChI=1S/C13H22BrNO/c1-3-5-6-7-12(15-9-4-2)13-11(14)8-10-16-13/h8,10,12,15H,3-7,9H2,1-2H3. The van der Waals surface area contributed by atoms with Crippen LogP contribution in [-0.2, 0) is 0 Å². The maximum atomic E-state index is 5.54. The van der Waals surface area contributed by atoms with E-state index in [1.54, 1.807) is 6.26 Å². The lowest BCUT2D eigenvalue weighted by Gasteiger charge is -2.16. The van der Waals surface area contributed by atoms with Gasteiger partial charge in [0.2, 0.25) is 0 Å². The van der Waals surface area contributed by atoms with Crippen LogP contribution in [0.3, 0.4) is 0 Å². The van der Waals surface area contributed by atoms with Crippen molar-refractivity contribution in [3.63, 3.8) is 0 Å². The van der Waals surface area contributed by atoms with Gasteiger partial charge in [-0.3, -0.25) is 0 Å². The third-order valence-electron chi connectivity index (χ3n) is 2.70. The molecular formula is C13H22BrNO. The van der Waals surface area contributed by atoms with E-state index >= 15 is 0 Å². The Hall–Kier alpha value is -0.280. The van der Waals surface area contributed by atoms with Crippen LogP contribution in [0.25, 0.3) is 0 Å². The molecule has 2 nitrogen and oxygen atoms in total. The molecule has 16 heavy (non-hydrogen) atoms. The molecule has 0 bridgehead atoms. The molecule has 0 aromatic carbocycles. The summed E-state index contributed by atoms with van der Waals surface area (Å²) in [6, 6.07) is 2.33. The van der Waals surface area contributed by atoms with E-state index < -0.39 is 0 Å². The minimum atomic E-state index is 0.357. The first-order valence-electron chi connectivity index (χ1n) is 6.25. The first-order chi connectivity index (χ1) is 7.79. The van der Waals surface area contributed by atoms with Crippen molar-refractivity contribution in [3.05, 3.63) is 22.6 Å². The molecule has 1 atom stereocenters. The predicted octanol–water partition coefficient (Wildman–Crippen LogP) is 4.66. The Morgan fingerprint density at radius 3 is 2.69 bits per heavy atom. The summed E-state index contributed by atoms with van der Waals surface area (Å²) in [4.78, 5) is 0. The van der Waals surface area contributed by atoms with Gasteiger partial charge in [0.1, 0.15) is 5.76 Å². The molecule has 1 rings (SSSR count). The van der Waals surface area contributed by atoms with Gasteiger partial charge in [-0.15, -0.1) is 0 Å². The summed E-state index contributed by atoms with van der Waals surface area (Å²) in [5, 5.41) is 3.55. The predicted molar refractivity (Wildman–Crippen MR) is 71.6 cm³/mol. The summed E-state index contributed by atoms with van der Waals surface area (Å²) in [5.41, 5.74) is 0. The van der Waals surface area contributed by atoms with E-state index in [-0.39, 0.29) is 0 Å². The Balaban J connectivity index is 2.53. The molecule has 0 amide bonds. The molecule has 92 valence electrons. The van der Waals surface area contributed by atoms with E-state index in [1.807, 2.05) is 6.07 Å². The second kappa shape index (κ2) is 7.91. The molecule has 1 aromatic heterocycles. The fourth-order valence-corrected chi connectivity index (χ4v) is 2.27. The van der Waals surface area contributed by atoms with Crippen LogP contribution in [0.4, 0.5) is 0 Å². The number of hydrogen-bond acceptors (Lipinski definition) is 2. The highest BCUT2D eigenvalue weighted by Gasteiger charge is 2.16. The van der Waals surface area contributed by atoms with Gasteiger partial charge in [-0.05, 0) is 41.4 Å². The Morgan fingerprint density at radius 2 is 2.12 bits per heavy atom. The maximum Gasteiger partial charge on any atom is 0.134 e. The van der Waals surface area contributed by atoms with Crippen LogP contribution in [0.15, 0.2) is 21.2 Å². The summed E-state index contributed by atoms with van der Waals surface area (Å²) in [6.45, 7) is 5.47. The van der Waals surface area contributed by atoms with Crippen molar-refractivity contribution in [1.82, 2.24) is 5.32 Å². The highest BCUT2D eigenvalue weighted by Crippen LogP contribution is 2.28. The van der Waals surface area contributed by atoms with Crippen LogP contribution < -0.4 is 5.32 Å². The zero-order chi connectivity index (χ0) is 11.8. The fourth-order valence-electron chi connectivity index (χ4n) is 1.80. The number of halogens is 1. The molecule has 0 fully saturated rings. The maximum absolute atomic E-state index is 5.54. The van der Waals surface area contributed by atoms with Crippen molar-refractivity contribution >= 4 is 15.9 Å². The van der Waals surface area contributed by atoms with Crippen LogP contribution in [0.1, 0.15) is 57.8 Å². The lowest BCUT2D eigenvalue weighted by Crippen LogP contribution is -2.22. The zero-order valence-corrected chi connectivity index (χ0v) is 11.8.